The van der Waals surface area contributed by atoms with Crippen molar-refractivity contribution in [2.75, 3.05) is 6.61 Å². The van der Waals surface area contributed by atoms with Crippen LogP contribution in [0, 0.1) is 11.8 Å². The highest BCUT2D eigenvalue weighted by atomic mass is 16.3. The summed E-state index contributed by atoms with van der Waals surface area (Å²) in [6.45, 7) is 6.87. The number of hydrogen-bond donors (Lipinski definition) is 1. The molecule has 0 unspecified atom stereocenters. The average molecular weight is 154 g/mol. The van der Waals surface area contributed by atoms with E-state index >= 15 is 0 Å². The van der Waals surface area contributed by atoms with E-state index in [0.29, 0.717) is 18.4 Å². The first-order valence-electron chi connectivity index (χ1n) is 4.44. The molecule has 0 amide bonds. The first-order valence-corrected chi connectivity index (χ1v) is 4.44. The largest absolute Gasteiger partial charge is 0.396 e. The Morgan fingerprint density at radius 3 is 2.55 bits per heavy atom. The highest BCUT2D eigenvalue weighted by Crippen LogP contribution is 2.37. The van der Waals surface area contributed by atoms with Crippen LogP contribution in [-0.4, -0.2) is 11.7 Å². The van der Waals surface area contributed by atoms with E-state index in [0.717, 1.165) is 0 Å². The third kappa shape index (κ3) is 1.64. The summed E-state index contributed by atoms with van der Waals surface area (Å²) in [6.07, 6.45) is 2.46. The van der Waals surface area contributed by atoms with Crippen LogP contribution in [0.15, 0.2) is 11.1 Å². The number of rotatable bonds is 1. The summed E-state index contributed by atoms with van der Waals surface area (Å²) < 4.78 is 0. The molecule has 1 aliphatic rings. The summed E-state index contributed by atoms with van der Waals surface area (Å²) in [7, 11) is 0. The molecular formula is C10H18O. The smallest absolute Gasteiger partial charge is 0.0499 e. The maximum absolute atomic E-state index is 9.12. The first kappa shape index (κ1) is 8.79. The Hall–Kier alpha value is -0.300. The van der Waals surface area contributed by atoms with E-state index in [1.165, 1.54) is 24.0 Å². The molecule has 0 saturated heterocycles. The van der Waals surface area contributed by atoms with Crippen LogP contribution >= 0.6 is 0 Å². The van der Waals surface area contributed by atoms with Crippen LogP contribution in [-0.2, 0) is 0 Å². The van der Waals surface area contributed by atoms with Gasteiger partial charge < -0.3 is 5.11 Å². The second kappa shape index (κ2) is 3.40. The molecule has 0 aromatic carbocycles. The van der Waals surface area contributed by atoms with Crippen molar-refractivity contribution in [1.82, 2.24) is 0 Å². The lowest BCUT2D eigenvalue weighted by molar-refractivity contribution is 0.221. The average Bonchev–Trinajstić information content (AvgIpc) is 2.30. The second-order valence-corrected chi connectivity index (χ2v) is 3.83. The summed E-state index contributed by atoms with van der Waals surface area (Å²) in [5.41, 5.74) is 2.91. The first-order chi connectivity index (χ1) is 5.16. The van der Waals surface area contributed by atoms with E-state index in [1.54, 1.807) is 0 Å². The van der Waals surface area contributed by atoms with Crippen LogP contribution in [0.2, 0.25) is 0 Å². The normalized spacial score (nSPS) is 31.1. The molecular weight excluding hydrogens is 136 g/mol. The van der Waals surface area contributed by atoms with E-state index in [2.05, 4.69) is 20.8 Å². The lowest BCUT2D eigenvalue weighted by atomic mass is 9.93. The highest BCUT2D eigenvalue weighted by molar-refractivity contribution is 5.18. The van der Waals surface area contributed by atoms with Crippen LogP contribution in [0.1, 0.15) is 33.6 Å². The van der Waals surface area contributed by atoms with Crippen molar-refractivity contribution >= 4 is 0 Å². The van der Waals surface area contributed by atoms with Gasteiger partial charge in [-0.3, -0.25) is 0 Å². The quantitative estimate of drug-likeness (QED) is 0.575. The van der Waals surface area contributed by atoms with Gasteiger partial charge in [-0.2, -0.15) is 0 Å². The van der Waals surface area contributed by atoms with Crippen LogP contribution in [0.5, 0.6) is 0 Å². The molecule has 0 heterocycles. The summed E-state index contributed by atoms with van der Waals surface area (Å²) in [5.74, 6) is 1.14. The third-order valence-electron chi connectivity index (χ3n) is 2.84. The summed E-state index contributed by atoms with van der Waals surface area (Å²) in [6, 6.07) is 0. The fourth-order valence-corrected chi connectivity index (χ4v) is 2.02. The molecule has 1 nitrogen and oxygen atoms in total. The van der Waals surface area contributed by atoms with E-state index in [-0.39, 0.29) is 0 Å². The molecule has 1 rings (SSSR count). The summed E-state index contributed by atoms with van der Waals surface area (Å²) >= 11 is 0. The van der Waals surface area contributed by atoms with Gasteiger partial charge in [-0.25, -0.2) is 0 Å². The van der Waals surface area contributed by atoms with Gasteiger partial charge in [-0.1, -0.05) is 18.1 Å². The minimum absolute atomic E-state index is 0.335. The molecule has 1 aliphatic carbocycles. The van der Waals surface area contributed by atoms with E-state index in [9.17, 15) is 0 Å². The van der Waals surface area contributed by atoms with Gasteiger partial charge in [-0.05, 0) is 32.6 Å². The number of aliphatic hydroxyl groups excluding tert-OH is 1. The van der Waals surface area contributed by atoms with E-state index in [1.807, 2.05) is 0 Å². The zero-order chi connectivity index (χ0) is 8.43. The third-order valence-corrected chi connectivity index (χ3v) is 2.84. The molecule has 0 aromatic heterocycles. The van der Waals surface area contributed by atoms with Gasteiger partial charge in [0, 0.05) is 12.5 Å². The van der Waals surface area contributed by atoms with Crippen molar-refractivity contribution in [2.24, 2.45) is 11.8 Å². The van der Waals surface area contributed by atoms with Crippen molar-refractivity contribution in [3.8, 4) is 0 Å². The molecule has 2 atom stereocenters. The van der Waals surface area contributed by atoms with Crippen molar-refractivity contribution in [1.29, 1.82) is 0 Å². The fourth-order valence-electron chi connectivity index (χ4n) is 2.02. The minimum atomic E-state index is 0.335. The Morgan fingerprint density at radius 1 is 1.55 bits per heavy atom. The van der Waals surface area contributed by atoms with Crippen LogP contribution in [0.4, 0.5) is 0 Å². The lowest BCUT2D eigenvalue weighted by Gasteiger charge is -2.14. The van der Waals surface area contributed by atoms with Crippen LogP contribution in [0.3, 0.4) is 0 Å². The maximum Gasteiger partial charge on any atom is 0.0499 e. The molecule has 0 bridgehead atoms. The highest BCUT2D eigenvalue weighted by Gasteiger charge is 2.27. The molecule has 1 heteroatoms. The van der Waals surface area contributed by atoms with Gasteiger partial charge in [0.25, 0.3) is 0 Å². The Morgan fingerprint density at radius 2 is 2.18 bits per heavy atom. The Kier molecular flexibility index (Phi) is 2.72. The Balaban J connectivity index is 2.77. The molecule has 1 saturated carbocycles. The van der Waals surface area contributed by atoms with Crippen LogP contribution < -0.4 is 0 Å². The van der Waals surface area contributed by atoms with Crippen molar-refractivity contribution in [3.63, 3.8) is 0 Å². The molecule has 64 valence electrons. The summed E-state index contributed by atoms with van der Waals surface area (Å²) in [5, 5.41) is 9.12. The number of hydrogen-bond acceptors (Lipinski definition) is 1. The Labute approximate surface area is 69.1 Å². The van der Waals surface area contributed by atoms with Crippen LogP contribution in [0.25, 0.3) is 0 Å². The monoisotopic (exact) mass is 154 g/mol. The maximum atomic E-state index is 9.12. The predicted octanol–water partition coefficient (Wildman–Crippen LogP) is 2.36. The molecule has 11 heavy (non-hydrogen) atoms. The SMILES string of the molecule is CC(C)=C1CC[C@H](C)[C@H]1CO. The van der Waals surface area contributed by atoms with Crippen molar-refractivity contribution < 1.29 is 5.11 Å². The Bertz CT molecular complexity index is 166. The lowest BCUT2D eigenvalue weighted by Crippen LogP contribution is -2.11. The van der Waals surface area contributed by atoms with Crippen molar-refractivity contribution in [3.05, 3.63) is 11.1 Å². The zero-order valence-corrected chi connectivity index (χ0v) is 7.72. The number of allylic oxidation sites excluding steroid dienone is 1. The van der Waals surface area contributed by atoms with Gasteiger partial charge in [-0.15, -0.1) is 0 Å². The molecule has 0 spiro atoms. The molecule has 1 fully saturated rings. The summed E-state index contributed by atoms with van der Waals surface area (Å²) in [4.78, 5) is 0. The molecule has 0 radical (unpaired) electrons. The van der Waals surface area contributed by atoms with Gasteiger partial charge in [0.15, 0.2) is 0 Å². The standard InChI is InChI=1S/C10H18O/c1-7(2)9-5-4-8(3)10(9)6-11/h8,10-11H,4-6H2,1-3H3/t8-,10+/m0/s1. The molecule has 0 aromatic rings. The second-order valence-electron chi connectivity index (χ2n) is 3.83. The van der Waals surface area contributed by atoms with Gasteiger partial charge in [0.1, 0.15) is 0 Å². The van der Waals surface area contributed by atoms with Crippen molar-refractivity contribution in [2.45, 2.75) is 33.6 Å². The predicted molar refractivity (Wildman–Crippen MR) is 47.3 cm³/mol. The molecule has 0 aliphatic heterocycles. The van der Waals surface area contributed by atoms with E-state index < -0.39 is 0 Å². The van der Waals surface area contributed by atoms with Gasteiger partial charge >= 0.3 is 0 Å². The van der Waals surface area contributed by atoms with Gasteiger partial charge in [0.2, 0.25) is 0 Å². The van der Waals surface area contributed by atoms with Gasteiger partial charge in [0.05, 0.1) is 0 Å². The zero-order valence-electron chi connectivity index (χ0n) is 7.72. The topological polar surface area (TPSA) is 20.2 Å². The fraction of sp³-hybridized carbons (Fsp3) is 0.800. The molecule has 1 N–H and O–H groups in total. The van der Waals surface area contributed by atoms with E-state index in [4.69, 9.17) is 5.11 Å². The number of aliphatic hydroxyl groups is 1. The minimum Gasteiger partial charge on any atom is -0.396 e.